The Hall–Kier alpha value is -2.34. The zero-order valence-electron chi connectivity index (χ0n) is 15.4. The van der Waals surface area contributed by atoms with Crippen LogP contribution in [0, 0.1) is 6.92 Å². The van der Waals surface area contributed by atoms with E-state index in [9.17, 15) is 4.79 Å². The summed E-state index contributed by atoms with van der Waals surface area (Å²) in [6, 6.07) is 11.0. The monoisotopic (exact) mass is 353 g/mol. The lowest BCUT2D eigenvalue weighted by Crippen LogP contribution is -2.45. The second-order valence-corrected chi connectivity index (χ2v) is 7.46. The minimum Gasteiger partial charge on any atom is -0.336 e. The van der Waals surface area contributed by atoms with E-state index < -0.39 is 0 Å². The number of benzene rings is 1. The van der Waals surface area contributed by atoms with Crippen LogP contribution in [0.15, 0.2) is 36.5 Å². The quantitative estimate of drug-likeness (QED) is 0.919. The fourth-order valence-electron chi connectivity index (χ4n) is 4.04. The summed E-state index contributed by atoms with van der Waals surface area (Å²) in [7, 11) is 0. The number of fused-ring (bicyclic) bond motifs is 1. The van der Waals surface area contributed by atoms with E-state index >= 15 is 0 Å². The van der Waals surface area contributed by atoms with E-state index in [4.69, 9.17) is 0 Å². The SMILES string of the molecule is Cc1cccc(CN2Cc3ccnn3[C@@H](CNC(=O)N3CCCC3)C2)c1. The number of hydrogen-bond donors (Lipinski definition) is 1. The largest absolute Gasteiger partial charge is 0.336 e. The van der Waals surface area contributed by atoms with E-state index in [0.717, 1.165) is 45.6 Å². The van der Waals surface area contributed by atoms with Gasteiger partial charge in [0.2, 0.25) is 0 Å². The van der Waals surface area contributed by atoms with Crippen molar-refractivity contribution in [1.82, 2.24) is 24.9 Å². The minimum absolute atomic E-state index is 0.0620. The third kappa shape index (κ3) is 3.75. The molecular formula is C20H27N5O. The van der Waals surface area contributed by atoms with Gasteiger partial charge in [0.05, 0.1) is 11.7 Å². The molecule has 0 radical (unpaired) electrons. The first-order chi connectivity index (χ1) is 12.7. The van der Waals surface area contributed by atoms with E-state index in [-0.39, 0.29) is 12.1 Å². The molecular weight excluding hydrogens is 326 g/mol. The van der Waals surface area contributed by atoms with Crippen LogP contribution in [-0.2, 0) is 13.1 Å². The molecule has 2 amide bonds. The number of rotatable bonds is 4. The maximum atomic E-state index is 12.3. The maximum absolute atomic E-state index is 12.3. The first-order valence-electron chi connectivity index (χ1n) is 9.52. The first kappa shape index (κ1) is 17.1. The van der Waals surface area contributed by atoms with E-state index in [2.05, 4.69) is 57.3 Å². The molecule has 0 spiro atoms. The van der Waals surface area contributed by atoms with Gasteiger partial charge in [-0.3, -0.25) is 9.58 Å². The van der Waals surface area contributed by atoms with Crippen molar-refractivity contribution in [2.24, 2.45) is 0 Å². The maximum Gasteiger partial charge on any atom is 0.317 e. The molecule has 6 nitrogen and oxygen atoms in total. The Kier molecular flexibility index (Phi) is 4.93. The molecule has 2 aliphatic heterocycles. The van der Waals surface area contributed by atoms with Crippen LogP contribution in [0.5, 0.6) is 0 Å². The van der Waals surface area contributed by atoms with Gasteiger partial charge in [0.15, 0.2) is 0 Å². The normalized spacial score (nSPS) is 20.2. The molecule has 1 saturated heterocycles. The van der Waals surface area contributed by atoms with Crippen molar-refractivity contribution >= 4 is 6.03 Å². The van der Waals surface area contributed by atoms with Crippen molar-refractivity contribution in [3.63, 3.8) is 0 Å². The molecule has 3 heterocycles. The summed E-state index contributed by atoms with van der Waals surface area (Å²) in [6.45, 7) is 7.21. The summed E-state index contributed by atoms with van der Waals surface area (Å²) in [5.41, 5.74) is 3.83. The van der Waals surface area contributed by atoms with Gasteiger partial charge in [-0.05, 0) is 31.4 Å². The Labute approximate surface area is 154 Å². The van der Waals surface area contributed by atoms with E-state index in [1.54, 1.807) is 0 Å². The Bertz CT molecular complexity index is 765. The number of aromatic nitrogens is 2. The van der Waals surface area contributed by atoms with Gasteiger partial charge in [-0.25, -0.2) is 4.79 Å². The van der Waals surface area contributed by atoms with Crippen molar-refractivity contribution in [3.8, 4) is 0 Å². The van der Waals surface area contributed by atoms with Crippen LogP contribution in [-0.4, -0.2) is 51.8 Å². The van der Waals surface area contributed by atoms with Gasteiger partial charge in [-0.2, -0.15) is 5.10 Å². The molecule has 1 fully saturated rings. The number of carbonyl (C=O) groups is 1. The molecule has 2 aromatic rings. The van der Waals surface area contributed by atoms with Gasteiger partial charge in [-0.15, -0.1) is 0 Å². The number of nitrogens with zero attached hydrogens (tertiary/aromatic N) is 4. The molecule has 1 N–H and O–H groups in total. The van der Waals surface area contributed by atoms with Crippen LogP contribution in [0.3, 0.4) is 0 Å². The lowest BCUT2D eigenvalue weighted by Gasteiger charge is -2.34. The smallest absolute Gasteiger partial charge is 0.317 e. The number of urea groups is 1. The molecule has 0 bridgehead atoms. The third-order valence-corrected chi connectivity index (χ3v) is 5.32. The summed E-state index contributed by atoms with van der Waals surface area (Å²) >= 11 is 0. The molecule has 1 atom stereocenters. The Morgan fingerprint density at radius 1 is 1.27 bits per heavy atom. The standard InChI is InChI=1S/C20H27N5O/c1-16-5-4-6-17(11-16)13-23-14-18-7-8-22-25(18)19(15-23)12-21-20(26)24-9-2-3-10-24/h4-8,11,19H,2-3,9-10,12-15H2,1H3,(H,21,26)/t19-/m0/s1. The zero-order valence-corrected chi connectivity index (χ0v) is 15.4. The van der Waals surface area contributed by atoms with Crippen molar-refractivity contribution in [1.29, 1.82) is 0 Å². The van der Waals surface area contributed by atoms with Gasteiger partial charge in [-0.1, -0.05) is 29.8 Å². The second kappa shape index (κ2) is 7.50. The molecule has 6 heteroatoms. The number of hydrogen-bond acceptors (Lipinski definition) is 3. The van der Waals surface area contributed by atoms with E-state index in [1.807, 2.05) is 11.1 Å². The fraction of sp³-hybridized carbons (Fsp3) is 0.500. The summed E-state index contributed by atoms with van der Waals surface area (Å²) in [5, 5.41) is 7.61. The van der Waals surface area contributed by atoms with Crippen LogP contribution in [0.25, 0.3) is 0 Å². The molecule has 26 heavy (non-hydrogen) atoms. The zero-order chi connectivity index (χ0) is 17.9. The average molecular weight is 353 g/mol. The summed E-state index contributed by atoms with van der Waals surface area (Å²) in [5.74, 6) is 0. The first-order valence-corrected chi connectivity index (χ1v) is 9.52. The van der Waals surface area contributed by atoms with Crippen molar-refractivity contribution in [3.05, 3.63) is 53.3 Å². The molecule has 2 aliphatic rings. The number of likely N-dealkylation sites (tertiary alicyclic amines) is 1. The van der Waals surface area contributed by atoms with Gasteiger partial charge < -0.3 is 10.2 Å². The van der Waals surface area contributed by atoms with Crippen LogP contribution in [0.1, 0.15) is 35.7 Å². The van der Waals surface area contributed by atoms with Crippen LogP contribution in [0.2, 0.25) is 0 Å². The van der Waals surface area contributed by atoms with Crippen LogP contribution >= 0.6 is 0 Å². The van der Waals surface area contributed by atoms with Crippen LogP contribution < -0.4 is 5.32 Å². The van der Waals surface area contributed by atoms with Crippen LogP contribution in [0.4, 0.5) is 4.79 Å². The highest BCUT2D eigenvalue weighted by Crippen LogP contribution is 2.22. The highest BCUT2D eigenvalue weighted by molar-refractivity contribution is 5.74. The van der Waals surface area contributed by atoms with Crippen molar-refractivity contribution < 1.29 is 4.79 Å². The highest BCUT2D eigenvalue weighted by Gasteiger charge is 2.27. The lowest BCUT2D eigenvalue weighted by molar-refractivity contribution is 0.161. The fourth-order valence-corrected chi connectivity index (χ4v) is 4.04. The summed E-state index contributed by atoms with van der Waals surface area (Å²) in [4.78, 5) is 16.7. The lowest BCUT2D eigenvalue weighted by atomic mass is 10.1. The minimum atomic E-state index is 0.0620. The van der Waals surface area contributed by atoms with Gasteiger partial charge >= 0.3 is 6.03 Å². The van der Waals surface area contributed by atoms with E-state index in [0.29, 0.717) is 6.54 Å². The third-order valence-electron chi connectivity index (χ3n) is 5.32. The Balaban J connectivity index is 1.41. The predicted octanol–water partition coefficient (Wildman–Crippen LogP) is 2.55. The second-order valence-electron chi connectivity index (χ2n) is 7.46. The Morgan fingerprint density at radius 3 is 2.92 bits per heavy atom. The Morgan fingerprint density at radius 2 is 2.12 bits per heavy atom. The molecule has 1 aromatic carbocycles. The number of carbonyl (C=O) groups excluding carboxylic acids is 1. The summed E-state index contributed by atoms with van der Waals surface area (Å²) in [6.07, 6.45) is 4.09. The molecule has 0 saturated carbocycles. The molecule has 1 aromatic heterocycles. The average Bonchev–Trinajstić information content (AvgIpc) is 3.31. The summed E-state index contributed by atoms with van der Waals surface area (Å²) < 4.78 is 2.08. The van der Waals surface area contributed by atoms with Gasteiger partial charge in [0.25, 0.3) is 0 Å². The predicted molar refractivity (Wildman–Crippen MR) is 101 cm³/mol. The van der Waals surface area contributed by atoms with Gasteiger partial charge in [0.1, 0.15) is 0 Å². The topological polar surface area (TPSA) is 53.4 Å². The molecule has 4 rings (SSSR count). The van der Waals surface area contributed by atoms with Crippen molar-refractivity contribution in [2.75, 3.05) is 26.2 Å². The number of amides is 2. The highest BCUT2D eigenvalue weighted by atomic mass is 16.2. The van der Waals surface area contributed by atoms with E-state index in [1.165, 1.54) is 16.8 Å². The van der Waals surface area contributed by atoms with Gasteiger partial charge in [0, 0.05) is 45.5 Å². The molecule has 0 aliphatic carbocycles. The molecule has 138 valence electrons. The van der Waals surface area contributed by atoms with Crippen molar-refractivity contribution in [2.45, 2.75) is 38.9 Å². The molecule has 0 unspecified atom stereocenters. The number of aryl methyl sites for hydroxylation is 1. The number of nitrogens with one attached hydrogen (secondary N) is 1.